The lowest BCUT2D eigenvalue weighted by molar-refractivity contribution is 0.0879. The van der Waals surface area contributed by atoms with Crippen molar-refractivity contribution in [2.75, 3.05) is 23.7 Å². The number of hydrogen-bond donors (Lipinski definition) is 2. The fraction of sp³-hybridized carbons (Fsp3) is 0.652. The van der Waals surface area contributed by atoms with Gasteiger partial charge in [0.2, 0.25) is 0 Å². The van der Waals surface area contributed by atoms with Gasteiger partial charge in [0.25, 0.3) is 11.8 Å². The van der Waals surface area contributed by atoms with Gasteiger partial charge in [0.15, 0.2) is 0 Å². The van der Waals surface area contributed by atoms with Crippen LogP contribution in [0.1, 0.15) is 91.3 Å². The summed E-state index contributed by atoms with van der Waals surface area (Å²) >= 11 is 6.90. The van der Waals surface area contributed by atoms with Crippen LogP contribution in [-0.2, 0) is 0 Å². The fourth-order valence-corrected chi connectivity index (χ4v) is 3.96. The third-order valence-corrected chi connectivity index (χ3v) is 5.99. The highest BCUT2D eigenvalue weighted by atomic mass is 79.9. The summed E-state index contributed by atoms with van der Waals surface area (Å²) in [6.07, 6.45) is 15.5. The second-order valence-corrected chi connectivity index (χ2v) is 8.93. The zero-order valence-corrected chi connectivity index (χ0v) is 20.7. The molecule has 0 radical (unpaired) electrons. The molecular weight excluding hydrogens is 496 g/mol. The Kier molecular flexibility index (Phi) is 16.4. The lowest BCUT2D eigenvalue weighted by Gasteiger charge is -2.08. The number of halogens is 2. The molecule has 0 bridgehead atoms. The van der Waals surface area contributed by atoms with Gasteiger partial charge in [-0.3, -0.25) is 14.9 Å². The third kappa shape index (κ3) is 12.5. The number of imide groups is 1. The molecule has 1 saturated heterocycles. The number of carbonyl (C=O) groups is 2. The summed E-state index contributed by atoms with van der Waals surface area (Å²) in [6.45, 7) is 2.50. The number of fused-ring (bicyclic) bond motifs is 1. The van der Waals surface area contributed by atoms with Crippen molar-refractivity contribution in [3.63, 3.8) is 0 Å². The van der Waals surface area contributed by atoms with Crippen molar-refractivity contribution in [1.82, 2.24) is 10.6 Å². The van der Waals surface area contributed by atoms with Gasteiger partial charge in [-0.15, -0.1) is 0 Å². The standard InChI is InChI=1S/C10H20Br2.C8H5NO2.C5H11N/c11-9-7-5-3-1-2-4-6-8-10-12;10-7-5-3-1-2-4-6(5)8(11)9-7;1-2-4-6-5-3-1/h1-10H2;1-4H,(H,9,10,11);6H,1-5H2. The third-order valence-electron chi connectivity index (χ3n) is 4.87. The van der Waals surface area contributed by atoms with Crippen LogP contribution in [0.3, 0.4) is 0 Å². The van der Waals surface area contributed by atoms with E-state index in [9.17, 15) is 9.59 Å². The Labute approximate surface area is 193 Å². The molecule has 1 aromatic carbocycles. The molecule has 1 aromatic rings. The van der Waals surface area contributed by atoms with Crippen molar-refractivity contribution in [2.45, 2.75) is 70.6 Å². The number of unbranched alkanes of at least 4 members (excludes halogenated alkanes) is 7. The van der Waals surface area contributed by atoms with E-state index in [-0.39, 0.29) is 11.8 Å². The first-order chi connectivity index (χ1) is 14.2. The van der Waals surface area contributed by atoms with Gasteiger partial charge >= 0.3 is 0 Å². The average molecular weight is 532 g/mol. The van der Waals surface area contributed by atoms with Gasteiger partial charge in [0.1, 0.15) is 0 Å². The van der Waals surface area contributed by atoms with Gasteiger partial charge in [-0.25, -0.2) is 0 Å². The molecule has 164 valence electrons. The van der Waals surface area contributed by atoms with Crippen molar-refractivity contribution in [2.24, 2.45) is 0 Å². The normalized spacial score (nSPS) is 14.8. The molecule has 2 amide bonds. The van der Waals surface area contributed by atoms with Crippen LogP contribution in [0.25, 0.3) is 0 Å². The molecule has 0 aliphatic carbocycles. The smallest absolute Gasteiger partial charge is 0.258 e. The predicted octanol–water partition coefficient (Wildman–Crippen LogP) is 6.23. The molecule has 29 heavy (non-hydrogen) atoms. The molecule has 0 unspecified atom stereocenters. The largest absolute Gasteiger partial charge is 0.317 e. The van der Waals surface area contributed by atoms with E-state index in [4.69, 9.17) is 0 Å². The maximum absolute atomic E-state index is 10.9. The average Bonchev–Trinajstić information content (AvgIpc) is 3.06. The van der Waals surface area contributed by atoms with Gasteiger partial charge in [0, 0.05) is 10.7 Å². The van der Waals surface area contributed by atoms with E-state index in [1.807, 2.05) is 0 Å². The van der Waals surface area contributed by atoms with E-state index in [0.29, 0.717) is 11.1 Å². The first-order valence-electron chi connectivity index (χ1n) is 11.0. The van der Waals surface area contributed by atoms with E-state index in [2.05, 4.69) is 42.5 Å². The van der Waals surface area contributed by atoms with Gasteiger partial charge in [-0.1, -0.05) is 88.9 Å². The summed E-state index contributed by atoms with van der Waals surface area (Å²) < 4.78 is 0. The quantitative estimate of drug-likeness (QED) is 0.225. The van der Waals surface area contributed by atoms with Crippen molar-refractivity contribution in [3.8, 4) is 0 Å². The minimum absolute atomic E-state index is 0.300. The summed E-state index contributed by atoms with van der Waals surface area (Å²) in [5, 5.41) is 7.84. The minimum atomic E-state index is -0.300. The molecule has 2 aliphatic rings. The zero-order chi connectivity index (χ0) is 21.2. The van der Waals surface area contributed by atoms with Gasteiger partial charge in [-0.05, 0) is 50.9 Å². The number of rotatable bonds is 9. The number of benzene rings is 1. The van der Waals surface area contributed by atoms with Crippen LogP contribution in [0.5, 0.6) is 0 Å². The molecule has 4 nitrogen and oxygen atoms in total. The highest BCUT2D eigenvalue weighted by molar-refractivity contribution is 9.09. The van der Waals surface area contributed by atoms with Gasteiger partial charge in [0.05, 0.1) is 11.1 Å². The number of nitrogens with one attached hydrogen (secondary N) is 2. The predicted molar refractivity (Wildman–Crippen MR) is 129 cm³/mol. The molecule has 1 fully saturated rings. The minimum Gasteiger partial charge on any atom is -0.317 e. The summed E-state index contributed by atoms with van der Waals surface area (Å²) in [6, 6.07) is 6.74. The molecule has 3 rings (SSSR count). The SMILES string of the molecule is BrCCCCCCCCCCBr.C1CCNCC1.O=C1NC(=O)c2ccccc21. The molecule has 2 aliphatic heterocycles. The Morgan fingerprint density at radius 1 is 0.655 bits per heavy atom. The Balaban J connectivity index is 0.000000228. The van der Waals surface area contributed by atoms with Crippen LogP contribution < -0.4 is 10.6 Å². The monoisotopic (exact) mass is 530 g/mol. The first-order valence-corrected chi connectivity index (χ1v) is 13.2. The Morgan fingerprint density at radius 2 is 1.07 bits per heavy atom. The number of hydrogen-bond acceptors (Lipinski definition) is 3. The first kappa shape index (κ1) is 26.3. The Hall–Kier alpha value is -0.720. The molecular formula is C23H36Br2N2O2. The van der Waals surface area contributed by atoms with Crippen molar-refractivity contribution in [3.05, 3.63) is 35.4 Å². The molecule has 0 aromatic heterocycles. The lowest BCUT2D eigenvalue weighted by Crippen LogP contribution is -2.21. The number of carbonyl (C=O) groups excluding carboxylic acids is 2. The topological polar surface area (TPSA) is 58.2 Å². The van der Waals surface area contributed by atoms with Crippen LogP contribution in [0.15, 0.2) is 24.3 Å². The maximum atomic E-state index is 10.9. The van der Waals surface area contributed by atoms with Gasteiger partial charge in [-0.2, -0.15) is 0 Å². The van der Waals surface area contributed by atoms with Crippen LogP contribution >= 0.6 is 31.9 Å². The van der Waals surface area contributed by atoms with Crippen LogP contribution in [-0.4, -0.2) is 35.6 Å². The lowest BCUT2D eigenvalue weighted by atomic mass is 10.1. The molecule has 0 saturated carbocycles. The maximum Gasteiger partial charge on any atom is 0.258 e. The highest BCUT2D eigenvalue weighted by Crippen LogP contribution is 2.13. The molecule has 0 spiro atoms. The van der Waals surface area contributed by atoms with Crippen molar-refractivity contribution in [1.29, 1.82) is 0 Å². The van der Waals surface area contributed by atoms with E-state index in [0.717, 1.165) is 0 Å². The Morgan fingerprint density at radius 3 is 1.38 bits per heavy atom. The second kappa shape index (κ2) is 18.1. The molecule has 2 heterocycles. The van der Waals surface area contributed by atoms with E-state index in [1.165, 1.54) is 94.4 Å². The summed E-state index contributed by atoms with van der Waals surface area (Å²) in [4.78, 5) is 21.9. The van der Waals surface area contributed by atoms with Crippen molar-refractivity contribution < 1.29 is 9.59 Å². The van der Waals surface area contributed by atoms with E-state index in [1.54, 1.807) is 24.3 Å². The number of alkyl halides is 2. The summed E-state index contributed by atoms with van der Waals surface area (Å²) in [7, 11) is 0. The fourth-order valence-electron chi connectivity index (χ4n) is 3.17. The van der Waals surface area contributed by atoms with E-state index < -0.39 is 0 Å². The second-order valence-electron chi connectivity index (χ2n) is 7.35. The highest BCUT2D eigenvalue weighted by Gasteiger charge is 2.25. The van der Waals surface area contributed by atoms with Crippen LogP contribution in [0.4, 0.5) is 0 Å². The molecule has 6 heteroatoms. The number of piperidine rings is 1. The number of amides is 2. The van der Waals surface area contributed by atoms with E-state index >= 15 is 0 Å². The van der Waals surface area contributed by atoms with Crippen molar-refractivity contribution >= 4 is 43.7 Å². The Bertz CT molecular complexity index is 523. The molecule has 0 atom stereocenters. The van der Waals surface area contributed by atoms with Crippen LogP contribution in [0, 0.1) is 0 Å². The summed E-state index contributed by atoms with van der Waals surface area (Å²) in [5.74, 6) is -0.601. The molecule has 2 N–H and O–H groups in total. The van der Waals surface area contributed by atoms with Crippen LogP contribution in [0.2, 0.25) is 0 Å². The zero-order valence-electron chi connectivity index (χ0n) is 17.5. The summed E-state index contributed by atoms with van der Waals surface area (Å²) in [5.41, 5.74) is 0.940. The van der Waals surface area contributed by atoms with Gasteiger partial charge < -0.3 is 5.32 Å².